The summed E-state index contributed by atoms with van der Waals surface area (Å²) in [5, 5.41) is 19.3. The molecule has 3 heteroatoms. The molecule has 0 fully saturated rings. The molecule has 3 aliphatic rings. The lowest BCUT2D eigenvalue weighted by Gasteiger charge is -2.46. The fourth-order valence-corrected chi connectivity index (χ4v) is 4.22. The number of benzene rings is 2. The summed E-state index contributed by atoms with van der Waals surface area (Å²) in [5.74, 6) is -1.07. The van der Waals surface area contributed by atoms with E-state index in [1.165, 1.54) is 0 Å². The second-order valence-corrected chi connectivity index (χ2v) is 5.86. The van der Waals surface area contributed by atoms with E-state index in [0.29, 0.717) is 5.56 Å². The number of hydrogen-bond acceptors (Lipinski definition) is 3. The summed E-state index contributed by atoms with van der Waals surface area (Å²) >= 11 is 0. The number of nitrogens with zero attached hydrogens (tertiary/aromatic N) is 2. The van der Waals surface area contributed by atoms with Crippen molar-refractivity contribution in [2.45, 2.75) is 11.8 Å². The maximum Gasteiger partial charge on any atom is 0.150 e. The van der Waals surface area contributed by atoms with E-state index in [1.54, 1.807) is 6.07 Å². The molecule has 4 atom stereocenters. The Morgan fingerprint density at radius 1 is 0.818 bits per heavy atom. The first-order valence-corrected chi connectivity index (χ1v) is 7.28. The summed E-state index contributed by atoms with van der Waals surface area (Å²) < 4.78 is 0. The maximum atomic E-state index is 11.5. The molecule has 22 heavy (non-hydrogen) atoms. The van der Waals surface area contributed by atoms with Gasteiger partial charge in [-0.2, -0.15) is 10.5 Å². The molecule has 0 aliphatic heterocycles. The minimum atomic E-state index is -0.404. The third-order valence-corrected chi connectivity index (χ3v) is 5.02. The second kappa shape index (κ2) is 4.55. The normalized spacial score (nSPS) is 27.2. The van der Waals surface area contributed by atoms with E-state index in [4.69, 9.17) is 0 Å². The predicted octanol–water partition coefficient (Wildman–Crippen LogP) is 3.37. The van der Waals surface area contributed by atoms with Gasteiger partial charge in [0.25, 0.3) is 0 Å². The lowest BCUT2D eigenvalue weighted by Crippen LogP contribution is -2.39. The van der Waals surface area contributed by atoms with Gasteiger partial charge in [-0.3, -0.25) is 4.79 Å². The quantitative estimate of drug-likeness (QED) is 0.754. The van der Waals surface area contributed by atoms with Crippen LogP contribution < -0.4 is 0 Å². The molecule has 0 amide bonds. The van der Waals surface area contributed by atoms with Gasteiger partial charge in [0.1, 0.15) is 6.29 Å². The van der Waals surface area contributed by atoms with Crippen LogP contribution in [-0.4, -0.2) is 6.29 Å². The highest BCUT2D eigenvalue weighted by Crippen LogP contribution is 2.58. The Balaban J connectivity index is 2.11. The van der Waals surface area contributed by atoms with E-state index >= 15 is 0 Å². The first kappa shape index (κ1) is 12.8. The number of hydrogen-bond donors (Lipinski definition) is 0. The molecule has 0 unspecified atom stereocenters. The number of nitriles is 2. The Morgan fingerprint density at radius 3 is 2.05 bits per heavy atom. The Bertz CT molecular complexity index is 872. The Kier molecular flexibility index (Phi) is 2.65. The predicted molar refractivity (Wildman–Crippen MR) is 80.2 cm³/mol. The number of carbonyl (C=O) groups is 1. The molecule has 0 N–H and O–H groups in total. The lowest BCUT2D eigenvalue weighted by atomic mass is 9.54. The van der Waals surface area contributed by atoms with Crippen LogP contribution in [0.2, 0.25) is 0 Å². The van der Waals surface area contributed by atoms with Crippen molar-refractivity contribution >= 4 is 6.29 Å². The number of aldehydes is 1. The summed E-state index contributed by atoms with van der Waals surface area (Å²) in [6, 6.07) is 18.3. The zero-order valence-corrected chi connectivity index (χ0v) is 11.7. The van der Waals surface area contributed by atoms with Crippen molar-refractivity contribution in [3.8, 4) is 12.1 Å². The van der Waals surface area contributed by atoms with Crippen molar-refractivity contribution in [1.29, 1.82) is 10.5 Å². The number of fused-ring (bicyclic) bond motifs is 1. The van der Waals surface area contributed by atoms with Crippen LogP contribution in [0, 0.1) is 34.5 Å². The highest BCUT2D eigenvalue weighted by molar-refractivity contribution is 5.81. The molecule has 0 saturated heterocycles. The zero-order valence-electron chi connectivity index (χ0n) is 11.7. The number of rotatable bonds is 1. The van der Waals surface area contributed by atoms with E-state index in [1.807, 2.05) is 36.4 Å². The van der Waals surface area contributed by atoms with Crippen LogP contribution in [0.5, 0.6) is 0 Å². The van der Waals surface area contributed by atoms with Gasteiger partial charge >= 0.3 is 0 Å². The van der Waals surface area contributed by atoms with Gasteiger partial charge in [0.2, 0.25) is 0 Å². The molecule has 2 bridgehead atoms. The Labute approximate surface area is 128 Å². The van der Waals surface area contributed by atoms with Gasteiger partial charge in [-0.25, -0.2) is 0 Å². The monoisotopic (exact) mass is 284 g/mol. The largest absolute Gasteiger partial charge is 0.298 e. The highest BCUT2D eigenvalue weighted by atomic mass is 16.1. The van der Waals surface area contributed by atoms with Crippen LogP contribution in [0.3, 0.4) is 0 Å². The van der Waals surface area contributed by atoms with Crippen molar-refractivity contribution in [1.82, 2.24) is 0 Å². The summed E-state index contributed by atoms with van der Waals surface area (Å²) in [7, 11) is 0. The average Bonchev–Trinajstić information content (AvgIpc) is 2.60. The van der Waals surface area contributed by atoms with Crippen molar-refractivity contribution < 1.29 is 4.79 Å². The smallest absolute Gasteiger partial charge is 0.150 e. The molecule has 2 aromatic rings. The van der Waals surface area contributed by atoms with E-state index in [9.17, 15) is 15.3 Å². The first-order valence-electron chi connectivity index (χ1n) is 7.28. The van der Waals surface area contributed by atoms with Crippen LogP contribution in [0.4, 0.5) is 0 Å². The summed E-state index contributed by atoms with van der Waals surface area (Å²) in [4.78, 5) is 11.5. The molecule has 5 rings (SSSR count). The SMILES string of the molecule is N#C[C@H]1[C@@H]2c3ccccc3[C@@H](c3c(C=O)cccc32)[C@@H]1C#N. The van der Waals surface area contributed by atoms with Crippen LogP contribution in [0.1, 0.15) is 44.4 Å². The van der Waals surface area contributed by atoms with Gasteiger partial charge in [-0.15, -0.1) is 0 Å². The van der Waals surface area contributed by atoms with E-state index in [2.05, 4.69) is 12.1 Å². The minimum absolute atomic E-state index is 0.120. The zero-order chi connectivity index (χ0) is 15.3. The molecule has 0 saturated carbocycles. The third-order valence-electron chi connectivity index (χ3n) is 5.02. The van der Waals surface area contributed by atoms with Gasteiger partial charge < -0.3 is 0 Å². The standard InChI is InChI=1S/C19H12N2O/c20-8-15-16(9-21)19-13-6-2-1-5-12(13)18(15)14-7-3-4-11(10-22)17(14)19/h1-7,10,15-16,18-19H/t15-,16-,18-,19-/m1/s1. The van der Waals surface area contributed by atoms with Crippen LogP contribution >= 0.6 is 0 Å². The minimum Gasteiger partial charge on any atom is -0.298 e. The lowest BCUT2D eigenvalue weighted by molar-refractivity contribution is 0.112. The van der Waals surface area contributed by atoms with Crippen molar-refractivity contribution in [3.05, 3.63) is 70.3 Å². The molecule has 3 nitrogen and oxygen atoms in total. The molecule has 0 aromatic heterocycles. The summed E-state index contributed by atoms with van der Waals surface area (Å²) in [5.41, 5.74) is 4.83. The average molecular weight is 284 g/mol. The van der Waals surface area contributed by atoms with Crippen LogP contribution in [0.15, 0.2) is 42.5 Å². The van der Waals surface area contributed by atoms with Crippen LogP contribution in [-0.2, 0) is 0 Å². The molecule has 2 aromatic carbocycles. The third kappa shape index (κ3) is 1.41. The van der Waals surface area contributed by atoms with Gasteiger partial charge in [-0.05, 0) is 22.3 Å². The molecule has 3 aliphatic carbocycles. The van der Waals surface area contributed by atoms with E-state index in [0.717, 1.165) is 28.5 Å². The Hall–Kier alpha value is -2.91. The highest BCUT2D eigenvalue weighted by Gasteiger charge is 2.50. The maximum absolute atomic E-state index is 11.5. The second-order valence-electron chi connectivity index (χ2n) is 5.86. The molecule has 0 spiro atoms. The number of carbonyl (C=O) groups excluding carboxylic acids is 1. The van der Waals surface area contributed by atoms with E-state index in [-0.39, 0.29) is 17.8 Å². The molecule has 0 radical (unpaired) electrons. The Morgan fingerprint density at radius 2 is 1.41 bits per heavy atom. The fourth-order valence-electron chi connectivity index (χ4n) is 4.22. The van der Waals surface area contributed by atoms with Crippen molar-refractivity contribution in [2.24, 2.45) is 11.8 Å². The molecular formula is C19H12N2O. The van der Waals surface area contributed by atoms with Gasteiger partial charge in [-0.1, -0.05) is 42.5 Å². The fraction of sp³-hybridized carbons (Fsp3) is 0.211. The van der Waals surface area contributed by atoms with Crippen molar-refractivity contribution in [2.75, 3.05) is 0 Å². The van der Waals surface area contributed by atoms with Gasteiger partial charge in [0, 0.05) is 17.4 Å². The van der Waals surface area contributed by atoms with Gasteiger partial charge in [0.05, 0.1) is 24.0 Å². The first-order chi connectivity index (χ1) is 10.8. The topological polar surface area (TPSA) is 64.7 Å². The van der Waals surface area contributed by atoms with Crippen molar-refractivity contribution in [3.63, 3.8) is 0 Å². The van der Waals surface area contributed by atoms with Crippen LogP contribution in [0.25, 0.3) is 0 Å². The van der Waals surface area contributed by atoms with Gasteiger partial charge in [0.15, 0.2) is 0 Å². The molecular weight excluding hydrogens is 272 g/mol. The molecule has 104 valence electrons. The summed E-state index contributed by atoms with van der Waals surface area (Å²) in [6.07, 6.45) is 0.859. The molecule has 0 heterocycles. The van der Waals surface area contributed by atoms with E-state index < -0.39 is 5.92 Å². The summed E-state index contributed by atoms with van der Waals surface area (Å²) in [6.45, 7) is 0.